The van der Waals surface area contributed by atoms with E-state index in [-0.39, 0.29) is 5.56 Å². The number of carboxylic acids is 1. The van der Waals surface area contributed by atoms with Crippen LogP contribution in [0.3, 0.4) is 0 Å². The Bertz CT molecular complexity index is 766. The second-order valence-corrected chi connectivity index (χ2v) is 4.21. The average molecular weight is 298 g/mol. The van der Waals surface area contributed by atoms with E-state index in [2.05, 4.69) is 5.10 Å². The summed E-state index contributed by atoms with van der Waals surface area (Å²) in [4.78, 5) is 23.0. The zero-order valence-corrected chi connectivity index (χ0v) is 10.7. The molecule has 0 aliphatic carbocycles. The van der Waals surface area contributed by atoms with Gasteiger partial charge in [0.2, 0.25) is 0 Å². The molecule has 1 heterocycles. The lowest BCUT2D eigenvalue weighted by Gasteiger charge is -2.14. The van der Waals surface area contributed by atoms with E-state index in [1.54, 1.807) is 0 Å². The minimum absolute atomic E-state index is 0.362. The molecule has 110 valence electrons. The van der Waals surface area contributed by atoms with Gasteiger partial charge in [0, 0.05) is 12.6 Å². The molecule has 0 saturated heterocycles. The van der Waals surface area contributed by atoms with Crippen molar-refractivity contribution >= 4 is 5.97 Å². The van der Waals surface area contributed by atoms with Crippen molar-refractivity contribution in [2.75, 3.05) is 0 Å². The van der Waals surface area contributed by atoms with Gasteiger partial charge in [-0.25, -0.2) is 9.48 Å². The third-order valence-corrected chi connectivity index (χ3v) is 2.87. The highest BCUT2D eigenvalue weighted by molar-refractivity contribution is 5.95. The van der Waals surface area contributed by atoms with Crippen LogP contribution in [0.15, 0.2) is 35.3 Å². The topological polar surface area (TPSA) is 72.2 Å². The summed E-state index contributed by atoms with van der Waals surface area (Å²) in [5.74, 6) is -1.61. The normalized spacial score (nSPS) is 11.4. The third-order valence-electron chi connectivity index (χ3n) is 2.87. The van der Waals surface area contributed by atoms with Gasteiger partial charge in [0.15, 0.2) is 0 Å². The number of aromatic nitrogens is 2. The van der Waals surface area contributed by atoms with Gasteiger partial charge < -0.3 is 5.11 Å². The Morgan fingerprint density at radius 2 is 1.86 bits per heavy atom. The first-order chi connectivity index (χ1) is 9.73. The van der Waals surface area contributed by atoms with E-state index < -0.39 is 34.4 Å². The van der Waals surface area contributed by atoms with E-state index in [0.717, 1.165) is 23.0 Å². The number of benzene rings is 1. The molecule has 0 bridgehead atoms. The van der Waals surface area contributed by atoms with Crippen molar-refractivity contribution in [2.24, 2.45) is 7.05 Å². The van der Waals surface area contributed by atoms with E-state index in [9.17, 15) is 22.8 Å². The van der Waals surface area contributed by atoms with Crippen molar-refractivity contribution in [3.8, 4) is 11.1 Å². The number of carbonyl (C=O) groups is 1. The number of halogens is 3. The minimum Gasteiger partial charge on any atom is -0.477 e. The summed E-state index contributed by atoms with van der Waals surface area (Å²) < 4.78 is 39.7. The van der Waals surface area contributed by atoms with E-state index in [4.69, 9.17) is 5.11 Å². The zero-order chi connectivity index (χ0) is 15.8. The van der Waals surface area contributed by atoms with Crippen molar-refractivity contribution < 1.29 is 23.1 Å². The number of hydrogen-bond donors (Lipinski definition) is 1. The van der Waals surface area contributed by atoms with Gasteiger partial charge in [-0.2, -0.15) is 18.3 Å². The Balaban J connectivity index is 2.84. The predicted molar refractivity (Wildman–Crippen MR) is 66.9 cm³/mol. The van der Waals surface area contributed by atoms with Crippen LogP contribution in [0.1, 0.15) is 15.9 Å². The Hall–Kier alpha value is -2.64. The number of aromatic carboxylic acids is 1. The Labute approximate surface area is 116 Å². The molecule has 0 saturated carbocycles. The highest BCUT2D eigenvalue weighted by atomic mass is 19.4. The van der Waals surface area contributed by atoms with E-state index in [1.165, 1.54) is 19.2 Å². The van der Waals surface area contributed by atoms with Crippen molar-refractivity contribution in [2.45, 2.75) is 6.18 Å². The SMILES string of the molecule is Cn1ncc(-c2ccccc2C(F)(F)F)c(C(=O)O)c1=O. The molecular formula is C13H9F3N2O3. The van der Waals surface area contributed by atoms with Crippen LogP contribution in [0.4, 0.5) is 13.2 Å². The van der Waals surface area contributed by atoms with Crippen LogP contribution < -0.4 is 5.56 Å². The fraction of sp³-hybridized carbons (Fsp3) is 0.154. The molecule has 0 atom stereocenters. The maximum atomic E-state index is 13.0. The minimum atomic E-state index is -4.67. The molecule has 0 radical (unpaired) electrons. The number of hydrogen-bond acceptors (Lipinski definition) is 3. The van der Waals surface area contributed by atoms with E-state index >= 15 is 0 Å². The molecule has 0 spiro atoms. The maximum absolute atomic E-state index is 13.0. The average Bonchev–Trinajstić information content (AvgIpc) is 2.40. The first-order valence-electron chi connectivity index (χ1n) is 5.69. The summed E-state index contributed by atoms with van der Waals surface area (Å²) in [6.45, 7) is 0. The second kappa shape index (κ2) is 5.04. The van der Waals surface area contributed by atoms with Crippen LogP contribution in [-0.4, -0.2) is 20.9 Å². The molecule has 0 fully saturated rings. The monoisotopic (exact) mass is 298 g/mol. The van der Waals surface area contributed by atoms with Gasteiger partial charge in [0.25, 0.3) is 5.56 Å². The van der Waals surface area contributed by atoms with Crippen molar-refractivity contribution in [1.82, 2.24) is 9.78 Å². The molecule has 0 aliphatic rings. The van der Waals surface area contributed by atoms with Crippen LogP contribution >= 0.6 is 0 Å². The Kier molecular flexibility index (Phi) is 3.54. The molecule has 0 unspecified atom stereocenters. The summed E-state index contributed by atoms with van der Waals surface area (Å²) in [6.07, 6.45) is -3.73. The van der Waals surface area contributed by atoms with Crippen molar-refractivity contribution in [3.63, 3.8) is 0 Å². The number of nitrogens with zero attached hydrogens (tertiary/aromatic N) is 2. The molecule has 0 amide bonds. The molecule has 1 aromatic heterocycles. The van der Waals surface area contributed by atoms with Crippen molar-refractivity contribution in [3.05, 3.63) is 51.9 Å². The molecule has 0 aliphatic heterocycles. The van der Waals surface area contributed by atoms with E-state index in [0.29, 0.717) is 0 Å². The molecule has 1 aromatic carbocycles. The largest absolute Gasteiger partial charge is 0.477 e. The standard InChI is InChI=1S/C13H9F3N2O3/c1-18-11(19)10(12(20)21)8(6-17-18)7-4-2-3-5-9(7)13(14,15)16/h2-6H,1H3,(H,20,21). The van der Waals surface area contributed by atoms with Crippen LogP contribution in [-0.2, 0) is 13.2 Å². The van der Waals surface area contributed by atoms with Gasteiger partial charge in [-0.1, -0.05) is 18.2 Å². The van der Waals surface area contributed by atoms with Crippen LogP contribution in [0.2, 0.25) is 0 Å². The molecule has 5 nitrogen and oxygen atoms in total. The summed E-state index contributed by atoms with van der Waals surface area (Å²) in [6, 6.07) is 4.43. The van der Waals surface area contributed by atoms with Crippen molar-refractivity contribution in [1.29, 1.82) is 0 Å². The maximum Gasteiger partial charge on any atom is 0.417 e. The number of carboxylic acid groups (broad SMARTS) is 1. The fourth-order valence-electron chi connectivity index (χ4n) is 1.91. The second-order valence-electron chi connectivity index (χ2n) is 4.21. The highest BCUT2D eigenvalue weighted by Crippen LogP contribution is 2.37. The third kappa shape index (κ3) is 2.64. The number of aryl methyl sites for hydroxylation is 1. The molecule has 8 heteroatoms. The number of rotatable bonds is 2. The van der Waals surface area contributed by atoms with E-state index in [1.807, 2.05) is 0 Å². The summed E-state index contributed by atoms with van der Waals surface area (Å²) >= 11 is 0. The van der Waals surface area contributed by atoms with Crippen LogP contribution in [0, 0.1) is 0 Å². The number of alkyl halides is 3. The van der Waals surface area contributed by atoms with Gasteiger partial charge in [-0.15, -0.1) is 0 Å². The Morgan fingerprint density at radius 3 is 2.43 bits per heavy atom. The summed E-state index contributed by atoms with van der Waals surface area (Å²) in [7, 11) is 1.22. The first kappa shape index (κ1) is 14.8. The van der Waals surface area contributed by atoms with Gasteiger partial charge in [0.1, 0.15) is 5.56 Å². The molecular weight excluding hydrogens is 289 g/mol. The van der Waals surface area contributed by atoms with Crippen LogP contribution in [0.25, 0.3) is 11.1 Å². The summed E-state index contributed by atoms with van der Waals surface area (Å²) in [5.41, 5.74) is -3.50. The first-order valence-corrected chi connectivity index (χ1v) is 5.69. The predicted octanol–water partition coefficient (Wildman–Crippen LogP) is 2.16. The lowest BCUT2D eigenvalue weighted by molar-refractivity contribution is -0.137. The Morgan fingerprint density at radius 1 is 1.24 bits per heavy atom. The molecule has 21 heavy (non-hydrogen) atoms. The lowest BCUT2D eigenvalue weighted by atomic mass is 9.97. The molecule has 1 N–H and O–H groups in total. The fourth-order valence-corrected chi connectivity index (χ4v) is 1.91. The quantitative estimate of drug-likeness (QED) is 0.922. The van der Waals surface area contributed by atoms with Crippen LogP contribution in [0.5, 0.6) is 0 Å². The highest BCUT2D eigenvalue weighted by Gasteiger charge is 2.34. The summed E-state index contributed by atoms with van der Waals surface area (Å²) in [5, 5.41) is 12.7. The molecule has 2 rings (SSSR count). The lowest BCUT2D eigenvalue weighted by Crippen LogP contribution is -2.27. The zero-order valence-electron chi connectivity index (χ0n) is 10.7. The van der Waals surface area contributed by atoms with Gasteiger partial charge >= 0.3 is 12.1 Å². The van der Waals surface area contributed by atoms with Gasteiger partial charge in [-0.05, 0) is 11.6 Å². The van der Waals surface area contributed by atoms with Gasteiger partial charge in [-0.3, -0.25) is 4.79 Å². The van der Waals surface area contributed by atoms with Gasteiger partial charge in [0.05, 0.1) is 11.8 Å². The smallest absolute Gasteiger partial charge is 0.417 e. The molecule has 2 aromatic rings.